The van der Waals surface area contributed by atoms with E-state index < -0.39 is 0 Å². The molecule has 0 bridgehead atoms. The highest BCUT2D eigenvalue weighted by atomic mass is 32.1. The van der Waals surface area contributed by atoms with E-state index in [0.29, 0.717) is 32.6 Å². The molecular weight excluding hydrogens is 262 g/mol. The summed E-state index contributed by atoms with van der Waals surface area (Å²) in [6.07, 6.45) is 0.428. The van der Waals surface area contributed by atoms with Gasteiger partial charge in [0.1, 0.15) is 0 Å². The van der Waals surface area contributed by atoms with Gasteiger partial charge in [0.05, 0.1) is 17.1 Å². The van der Waals surface area contributed by atoms with Crippen molar-refractivity contribution in [3.05, 3.63) is 15.6 Å². The summed E-state index contributed by atoms with van der Waals surface area (Å²) in [5.74, 6) is 0.218. The molecule has 0 aliphatic carbocycles. The number of aryl methyl sites for hydroxylation is 2. The maximum absolute atomic E-state index is 12.2. The summed E-state index contributed by atoms with van der Waals surface area (Å²) < 4.78 is 0. The van der Waals surface area contributed by atoms with Crippen molar-refractivity contribution in [1.82, 2.24) is 14.8 Å². The maximum atomic E-state index is 12.2. The van der Waals surface area contributed by atoms with Gasteiger partial charge in [0.25, 0.3) is 0 Å². The molecule has 1 aromatic heterocycles. The van der Waals surface area contributed by atoms with Gasteiger partial charge in [-0.15, -0.1) is 11.3 Å². The Hall–Kier alpha value is -1.43. The quantitative estimate of drug-likeness (QED) is 0.812. The molecule has 1 aliphatic rings. The minimum Gasteiger partial charge on any atom is -0.339 e. The minimum atomic E-state index is 0.0843. The second kappa shape index (κ2) is 5.69. The Labute approximate surface area is 117 Å². The number of carbonyl (C=O) groups is 2. The van der Waals surface area contributed by atoms with Crippen molar-refractivity contribution in [3.8, 4) is 0 Å². The molecule has 104 valence electrons. The lowest BCUT2D eigenvalue weighted by molar-refractivity contribution is -0.137. The summed E-state index contributed by atoms with van der Waals surface area (Å²) in [4.78, 5) is 32.5. The van der Waals surface area contributed by atoms with Crippen LogP contribution in [0.15, 0.2) is 0 Å². The molecule has 2 heterocycles. The van der Waals surface area contributed by atoms with Crippen molar-refractivity contribution in [2.45, 2.75) is 27.2 Å². The summed E-state index contributed by atoms with van der Waals surface area (Å²) in [6.45, 7) is 8.02. The van der Waals surface area contributed by atoms with Gasteiger partial charge in [0.2, 0.25) is 11.8 Å². The predicted octanol–water partition coefficient (Wildman–Crippen LogP) is 0.993. The Kier molecular flexibility index (Phi) is 4.19. The lowest BCUT2D eigenvalue weighted by Crippen LogP contribution is -2.50. The van der Waals surface area contributed by atoms with Crippen LogP contribution in [-0.2, 0) is 16.0 Å². The van der Waals surface area contributed by atoms with Crippen molar-refractivity contribution in [2.75, 3.05) is 26.2 Å². The summed E-state index contributed by atoms with van der Waals surface area (Å²) in [5, 5.41) is 1.00. The molecule has 2 rings (SSSR count). The van der Waals surface area contributed by atoms with Crippen LogP contribution in [0.2, 0.25) is 0 Å². The van der Waals surface area contributed by atoms with E-state index in [1.165, 1.54) is 0 Å². The van der Waals surface area contributed by atoms with Gasteiger partial charge in [-0.25, -0.2) is 4.98 Å². The molecule has 19 heavy (non-hydrogen) atoms. The van der Waals surface area contributed by atoms with Crippen molar-refractivity contribution >= 4 is 23.2 Å². The number of amides is 2. The maximum Gasteiger partial charge on any atom is 0.228 e. The van der Waals surface area contributed by atoms with Crippen molar-refractivity contribution < 1.29 is 9.59 Å². The first kappa shape index (κ1) is 14.0. The largest absolute Gasteiger partial charge is 0.339 e. The monoisotopic (exact) mass is 281 g/mol. The van der Waals surface area contributed by atoms with Gasteiger partial charge in [-0.1, -0.05) is 0 Å². The molecular formula is C13H19N3O2S. The van der Waals surface area contributed by atoms with Crippen LogP contribution in [0.25, 0.3) is 0 Å². The number of thiazole rings is 1. The van der Waals surface area contributed by atoms with Crippen LogP contribution in [0.4, 0.5) is 0 Å². The highest BCUT2D eigenvalue weighted by molar-refractivity contribution is 7.11. The zero-order valence-electron chi connectivity index (χ0n) is 11.6. The van der Waals surface area contributed by atoms with E-state index in [1.54, 1.807) is 23.2 Å². The second-order valence-electron chi connectivity index (χ2n) is 4.81. The molecule has 1 fully saturated rings. The topological polar surface area (TPSA) is 53.5 Å². The van der Waals surface area contributed by atoms with Crippen LogP contribution in [0.1, 0.15) is 22.5 Å². The average Bonchev–Trinajstić information content (AvgIpc) is 2.68. The van der Waals surface area contributed by atoms with E-state index in [-0.39, 0.29) is 11.8 Å². The second-order valence-corrected chi connectivity index (χ2v) is 6.09. The normalized spacial score (nSPS) is 15.7. The summed E-state index contributed by atoms with van der Waals surface area (Å²) in [7, 11) is 0. The Bertz CT molecular complexity index is 490. The third kappa shape index (κ3) is 3.32. The molecule has 1 saturated heterocycles. The van der Waals surface area contributed by atoms with Crippen LogP contribution in [0.3, 0.4) is 0 Å². The fourth-order valence-corrected chi connectivity index (χ4v) is 3.19. The molecule has 1 aromatic rings. The highest BCUT2D eigenvalue weighted by Gasteiger charge is 2.23. The molecule has 2 amide bonds. The molecule has 0 N–H and O–H groups in total. The molecule has 1 aliphatic heterocycles. The number of rotatable bonds is 2. The molecule has 0 unspecified atom stereocenters. The molecule has 0 atom stereocenters. The van der Waals surface area contributed by atoms with Crippen LogP contribution >= 0.6 is 11.3 Å². The van der Waals surface area contributed by atoms with Gasteiger partial charge in [0, 0.05) is 38.0 Å². The fraction of sp³-hybridized carbons (Fsp3) is 0.615. The van der Waals surface area contributed by atoms with E-state index >= 15 is 0 Å². The van der Waals surface area contributed by atoms with Gasteiger partial charge < -0.3 is 9.80 Å². The van der Waals surface area contributed by atoms with Crippen LogP contribution < -0.4 is 0 Å². The molecule has 0 saturated carbocycles. The standard InChI is InChI=1S/C13H19N3O2S/c1-9-12(19-10(2)14-9)8-13(18)16-6-4-15(5-7-16)11(3)17/h4-8H2,1-3H3. The van der Waals surface area contributed by atoms with Crippen molar-refractivity contribution in [2.24, 2.45) is 0 Å². The lowest BCUT2D eigenvalue weighted by atomic mass is 10.2. The molecule has 6 heteroatoms. The Morgan fingerprint density at radius 2 is 1.74 bits per heavy atom. The van der Waals surface area contributed by atoms with Crippen LogP contribution in [-0.4, -0.2) is 52.8 Å². The number of hydrogen-bond acceptors (Lipinski definition) is 4. The van der Waals surface area contributed by atoms with Crippen molar-refractivity contribution in [1.29, 1.82) is 0 Å². The van der Waals surface area contributed by atoms with E-state index in [2.05, 4.69) is 4.98 Å². The lowest BCUT2D eigenvalue weighted by Gasteiger charge is -2.34. The number of hydrogen-bond donors (Lipinski definition) is 0. The van der Waals surface area contributed by atoms with E-state index in [9.17, 15) is 9.59 Å². The molecule has 0 spiro atoms. The van der Waals surface area contributed by atoms with Gasteiger partial charge >= 0.3 is 0 Å². The Balaban J connectivity index is 1.91. The van der Waals surface area contributed by atoms with Crippen molar-refractivity contribution in [3.63, 3.8) is 0 Å². The smallest absolute Gasteiger partial charge is 0.228 e. The van der Waals surface area contributed by atoms with Gasteiger partial charge in [-0.3, -0.25) is 9.59 Å². The third-order valence-corrected chi connectivity index (χ3v) is 4.46. The van der Waals surface area contributed by atoms with Gasteiger partial charge in [-0.05, 0) is 13.8 Å². The number of carbonyl (C=O) groups excluding carboxylic acids is 2. The summed E-state index contributed by atoms with van der Waals surface area (Å²) >= 11 is 1.59. The first-order valence-electron chi connectivity index (χ1n) is 6.43. The number of piperazine rings is 1. The van der Waals surface area contributed by atoms with Crippen LogP contribution in [0, 0.1) is 13.8 Å². The van der Waals surface area contributed by atoms with E-state index in [4.69, 9.17) is 0 Å². The van der Waals surface area contributed by atoms with Gasteiger partial charge in [0.15, 0.2) is 0 Å². The molecule has 0 radical (unpaired) electrons. The highest BCUT2D eigenvalue weighted by Crippen LogP contribution is 2.18. The zero-order valence-corrected chi connectivity index (χ0v) is 12.4. The molecule has 5 nitrogen and oxygen atoms in total. The van der Waals surface area contributed by atoms with Crippen LogP contribution in [0.5, 0.6) is 0 Å². The van der Waals surface area contributed by atoms with E-state index in [1.807, 2.05) is 18.7 Å². The SMILES string of the molecule is CC(=O)N1CCN(C(=O)Cc2sc(C)nc2C)CC1. The third-order valence-electron chi connectivity index (χ3n) is 3.39. The van der Waals surface area contributed by atoms with Gasteiger partial charge in [-0.2, -0.15) is 0 Å². The number of nitrogens with zero attached hydrogens (tertiary/aromatic N) is 3. The Morgan fingerprint density at radius 1 is 1.16 bits per heavy atom. The summed E-state index contributed by atoms with van der Waals surface area (Å²) in [5.41, 5.74) is 0.957. The van der Waals surface area contributed by atoms with E-state index in [0.717, 1.165) is 15.6 Å². The molecule has 0 aromatic carbocycles. The fourth-order valence-electron chi connectivity index (χ4n) is 2.26. The number of aromatic nitrogens is 1. The predicted molar refractivity (Wildman–Crippen MR) is 74.1 cm³/mol. The first-order valence-corrected chi connectivity index (χ1v) is 7.25. The summed E-state index contributed by atoms with van der Waals surface area (Å²) in [6, 6.07) is 0. The Morgan fingerprint density at radius 3 is 2.21 bits per heavy atom. The average molecular weight is 281 g/mol. The minimum absolute atomic E-state index is 0.0843. The zero-order chi connectivity index (χ0) is 14.0. The first-order chi connectivity index (χ1) is 8.97.